The SMILES string of the molecule is O=C(c1cccnc1-c1ccnnc1)N1CCC(Cc2ccc(F)cc2)CC1. The zero-order valence-corrected chi connectivity index (χ0v) is 15.5. The summed E-state index contributed by atoms with van der Waals surface area (Å²) in [6, 6.07) is 12.1. The molecule has 4 rings (SSSR count). The Bertz CT molecular complexity index is 938. The Balaban J connectivity index is 1.43. The highest BCUT2D eigenvalue weighted by atomic mass is 19.1. The molecule has 5 nitrogen and oxygen atoms in total. The van der Waals surface area contributed by atoms with Crippen molar-refractivity contribution in [2.24, 2.45) is 5.92 Å². The first kappa shape index (κ1) is 18.2. The highest BCUT2D eigenvalue weighted by molar-refractivity contribution is 5.99. The number of hydrogen-bond donors (Lipinski definition) is 0. The van der Waals surface area contributed by atoms with Gasteiger partial charge in [0, 0.05) is 24.8 Å². The molecular weight excluding hydrogens is 355 g/mol. The third-order valence-electron chi connectivity index (χ3n) is 5.24. The molecule has 6 heteroatoms. The average Bonchev–Trinajstić information content (AvgIpc) is 2.76. The van der Waals surface area contributed by atoms with E-state index in [0.29, 0.717) is 30.3 Å². The van der Waals surface area contributed by atoms with Crippen molar-refractivity contribution < 1.29 is 9.18 Å². The maximum absolute atomic E-state index is 13.1. The van der Waals surface area contributed by atoms with E-state index in [4.69, 9.17) is 0 Å². The molecule has 0 spiro atoms. The number of amides is 1. The Morgan fingerprint density at radius 2 is 1.82 bits per heavy atom. The highest BCUT2D eigenvalue weighted by Gasteiger charge is 2.25. The van der Waals surface area contributed by atoms with Crippen LogP contribution in [-0.2, 0) is 6.42 Å². The zero-order chi connectivity index (χ0) is 19.3. The number of nitrogens with zero attached hydrogens (tertiary/aromatic N) is 4. The van der Waals surface area contributed by atoms with Crippen LogP contribution >= 0.6 is 0 Å². The maximum atomic E-state index is 13.1. The van der Waals surface area contributed by atoms with Crippen LogP contribution in [0.5, 0.6) is 0 Å². The number of halogens is 1. The lowest BCUT2D eigenvalue weighted by atomic mass is 9.90. The Hall–Kier alpha value is -3.15. The smallest absolute Gasteiger partial charge is 0.256 e. The van der Waals surface area contributed by atoms with Crippen molar-refractivity contribution in [2.45, 2.75) is 19.3 Å². The van der Waals surface area contributed by atoms with Crippen molar-refractivity contribution in [3.8, 4) is 11.3 Å². The van der Waals surface area contributed by atoms with Gasteiger partial charge in [-0.3, -0.25) is 9.78 Å². The molecule has 0 atom stereocenters. The molecule has 1 fully saturated rings. The number of rotatable bonds is 4. The molecule has 0 saturated carbocycles. The molecule has 0 radical (unpaired) electrons. The standard InChI is InChI=1S/C22H21FN4O/c23-19-5-3-16(4-6-19)14-17-8-12-27(13-9-17)22(28)20-2-1-10-24-21(20)18-7-11-25-26-15-18/h1-7,10-11,15,17H,8-9,12-14H2. The number of piperidine rings is 1. The van der Waals surface area contributed by atoms with E-state index in [1.807, 2.05) is 23.1 Å². The molecular formula is C22H21FN4O. The van der Waals surface area contributed by atoms with E-state index in [0.717, 1.165) is 30.4 Å². The molecule has 0 N–H and O–H groups in total. The van der Waals surface area contributed by atoms with Crippen molar-refractivity contribution >= 4 is 5.91 Å². The van der Waals surface area contributed by atoms with Crippen LogP contribution in [0.25, 0.3) is 11.3 Å². The van der Waals surface area contributed by atoms with Crippen LogP contribution in [0, 0.1) is 11.7 Å². The average molecular weight is 376 g/mol. The number of carbonyl (C=O) groups excluding carboxylic acids is 1. The van der Waals surface area contributed by atoms with Crippen molar-refractivity contribution in [1.29, 1.82) is 0 Å². The van der Waals surface area contributed by atoms with Gasteiger partial charge in [0.25, 0.3) is 5.91 Å². The summed E-state index contributed by atoms with van der Waals surface area (Å²) in [7, 11) is 0. The Labute approximate surface area is 163 Å². The lowest BCUT2D eigenvalue weighted by Gasteiger charge is -2.32. The molecule has 1 amide bonds. The Morgan fingerprint density at radius 3 is 2.54 bits per heavy atom. The molecule has 1 aliphatic heterocycles. The van der Waals surface area contributed by atoms with Crippen molar-refractivity contribution in [1.82, 2.24) is 20.1 Å². The highest BCUT2D eigenvalue weighted by Crippen LogP contribution is 2.26. The molecule has 2 aromatic heterocycles. The molecule has 1 aliphatic rings. The van der Waals surface area contributed by atoms with E-state index < -0.39 is 0 Å². The van der Waals surface area contributed by atoms with Crippen LogP contribution in [0.15, 0.2) is 61.1 Å². The van der Waals surface area contributed by atoms with Gasteiger partial charge in [-0.2, -0.15) is 10.2 Å². The minimum Gasteiger partial charge on any atom is -0.339 e. The van der Waals surface area contributed by atoms with Gasteiger partial charge < -0.3 is 4.90 Å². The first-order valence-electron chi connectivity index (χ1n) is 9.46. The predicted octanol–water partition coefficient (Wildman–Crippen LogP) is 3.77. The molecule has 0 bridgehead atoms. The van der Waals surface area contributed by atoms with Gasteiger partial charge in [-0.05, 0) is 61.1 Å². The summed E-state index contributed by atoms with van der Waals surface area (Å²) >= 11 is 0. The second-order valence-electron chi connectivity index (χ2n) is 7.10. The number of benzene rings is 1. The van der Waals surface area contributed by atoms with E-state index in [1.165, 1.54) is 12.1 Å². The second kappa shape index (κ2) is 8.25. The van der Waals surface area contributed by atoms with Crippen LogP contribution in [0.2, 0.25) is 0 Å². The molecule has 28 heavy (non-hydrogen) atoms. The minimum absolute atomic E-state index is 0.000134. The van der Waals surface area contributed by atoms with E-state index in [1.54, 1.807) is 30.7 Å². The number of aromatic nitrogens is 3. The van der Waals surface area contributed by atoms with Gasteiger partial charge in [-0.25, -0.2) is 4.39 Å². The summed E-state index contributed by atoms with van der Waals surface area (Å²) in [5.41, 5.74) is 3.15. The van der Waals surface area contributed by atoms with E-state index >= 15 is 0 Å². The van der Waals surface area contributed by atoms with Crippen LogP contribution in [-0.4, -0.2) is 39.1 Å². The Kier molecular flexibility index (Phi) is 5.37. The topological polar surface area (TPSA) is 59.0 Å². The largest absolute Gasteiger partial charge is 0.339 e. The van der Waals surface area contributed by atoms with Crippen LogP contribution in [0.4, 0.5) is 4.39 Å². The Morgan fingerprint density at radius 1 is 1.04 bits per heavy atom. The summed E-state index contributed by atoms with van der Waals surface area (Å²) in [5.74, 6) is 0.299. The lowest BCUT2D eigenvalue weighted by molar-refractivity contribution is 0.0691. The molecule has 3 heterocycles. The van der Waals surface area contributed by atoms with Crippen molar-refractivity contribution in [3.05, 3.63) is 78.0 Å². The quantitative estimate of drug-likeness (QED) is 0.695. The first-order valence-corrected chi connectivity index (χ1v) is 9.46. The zero-order valence-electron chi connectivity index (χ0n) is 15.5. The van der Waals surface area contributed by atoms with Gasteiger partial charge in [0.15, 0.2) is 0 Å². The van der Waals surface area contributed by atoms with Gasteiger partial charge in [0.05, 0.1) is 23.7 Å². The van der Waals surface area contributed by atoms with Crippen LogP contribution < -0.4 is 0 Å². The summed E-state index contributed by atoms with van der Waals surface area (Å²) < 4.78 is 13.1. The number of likely N-dealkylation sites (tertiary alicyclic amines) is 1. The van der Waals surface area contributed by atoms with Crippen LogP contribution in [0.1, 0.15) is 28.8 Å². The van der Waals surface area contributed by atoms with Gasteiger partial charge in [-0.1, -0.05) is 12.1 Å². The van der Waals surface area contributed by atoms with Gasteiger partial charge in [-0.15, -0.1) is 0 Å². The lowest BCUT2D eigenvalue weighted by Crippen LogP contribution is -2.39. The molecule has 0 unspecified atom stereocenters. The van der Waals surface area contributed by atoms with Gasteiger partial charge in [0.2, 0.25) is 0 Å². The number of hydrogen-bond acceptors (Lipinski definition) is 4. The predicted molar refractivity (Wildman–Crippen MR) is 104 cm³/mol. The van der Waals surface area contributed by atoms with E-state index in [2.05, 4.69) is 15.2 Å². The van der Waals surface area contributed by atoms with E-state index in [-0.39, 0.29) is 11.7 Å². The molecule has 142 valence electrons. The summed E-state index contributed by atoms with van der Waals surface area (Å²) in [6.07, 6.45) is 7.70. The minimum atomic E-state index is -0.208. The second-order valence-corrected chi connectivity index (χ2v) is 7.10. The number of carbonyl (C=O) groups is 1. The fraction of sp³-hybridized carbons (Fsp3) is 0.273. The summed E-state index contributed by atoms with van der Waals surface area (Å²) in [5, 5.41) is 7.68. The molecule has 1 aromatic carbocycles. The third-order valence-corrected chi connectivity index (χ3v) is 5.24. The summed E-state index contributed by atoms with van der Waals surface area (Å²) in [6.45, 7) is 1.43. The monoisotopic (exact) mass is 376 g/mol. The van der Waals surface area contributed by atoms with Crippen molar-refractivity contribution in [3.63, 3.8) is 0 Å². The number of pyridine rings is 1. The molecule has 1 saturated heterocycles. The molecule has 0 aliphatic carbocycles. The first-order chi connectivity index (χ1) is 13.7. The van der Waals surface area contributed by atoms with Gasteiger partial charge in [0.1, 0.15) is 5.82 Å². The summed E-state index contributed by atoms with van der Waals surface area (Å²) in [4.78, 5) is 19.4. The van der Waals surface area contributed by atoms with Crippen LogP contribution in [0.3, 0.4) is 0 Å². The van der Waals surface area contributed by atoms with Crippen molar-refractivity contribution in [2.75, 3.05) is 13.1 Å². The normalized spacial score (nSPS) is 14.8. The fourth-order valence-corrected chi connectivity index (χ4v) is 3.70. The third kappa shape index (κ3) is 4.06. The molecule has 3 aromatic rings. The van der Waals surface area contributed by atoms with Gasteiger partial charge >= 0.3 is 0 Å². The van der Waals surface area contributed by atoms with E-state index in [9.17, 15) is 9.18 Å². The maximum Gasteiger partial charge on any atom is 0.256 e. The fourth-order valence-electron chi connectivity index (χ4n) is 3.70.